The topological polar surface area (TPSA) is 49.3 Å². The molecule has 22 heavy (non-hydrogen) atoms. The number of amides is 1. The van der Waals surface area contributed by atoms with Crippen LogP contribution < -0.4 is 4.90 Å². The van der Waals surface area contributed by atoms with E-state index in [4.69, 9.17) is 0 Å². The Morgan fingerprint density at radius 3 is 2.50 bits per heavy atom. The van der Waals surface area contributed by atoms with E-state index in [1.807, 2.05) is 23.1 Å². The Balaban J connectivity index is 1.68. The average molecular weight is 473 g/mol. The highest BCUT2D eigenvalue weighted by atomic mass is 127. The van der Waals surface area contributed by atoms with Gasteiger partial charge in [0.25, 0.3) is 5.91 Å². The summed E-state index contributed by atoms with van der Waals surface area (Å²) in [6, 6.07) is 7.59. The number of halogens is 2. The van der Waals surface area contributed by atoms with Gasteiger partial charge in [-0.15, -0.1) is 0 Å². The number of aromatic nitrogens is 2. The lowest BCUT2D eigenvalue weighted by Crippen LogP contribution is -2.49. The maximum absolute atomic E-state index is 12.7. The second kappa shape index (κ2) is 6.91. The molecule has 1 amide bonds. The standard InChI is InChI=1S/C15H14BrIN4O/c16-11-2-3-13(17)12(10-11)14(22)20-6-8-21(9-7-20)15-18-4-1-5-19-15/h1-5,10H,6-9H2. The number of benzene rings is 1. The smallest absolute Gasteiger partial charge is 0.255 e. The van der Waals surface area contributed by atoms with Crippen LogP contribution in [0.25, 0.3) is 0 Å². The van der Waals surface area contributed by atoms with E-state index in [1.165, 1.54) is 0 Å². The zero-order valence-corrected chi connectivity index (χ0v) is 15.5. The van der Waals surface area contributed by atoms with Crippen molar-refractivity contribution in [1.82, 2.24) is 14.9 Å². The number of hydrogen-bond donors (Lipinski definition) is 0. The van der Waals surface area contributed by atoms with Crippen molar-refractivity contribution in [2.75, 3.05) is 31.1 Å². The lowest BCUT2D eigenvalue weighted by molar-refractivity contribution is 0.0745. The van der Waals surface area contributed by atoms with Crippen LogP contribution in [0.1, 0.15) is 10.4 Å². The molecule has 3 rings (SSSR count). The second-order valence-electron chi connectivity index (χ2n) is 4.95. The number of piperazine rings is 1. The van der Waals surface area contributed by atoms with E-state index in [9.17, 15) is 4.79 Å². The van der Waals surface area contributed by atoms with Crippen LogP contribution in [0.4, 0.5) is 5.95 Å². The van der Waals surface area contributed by atoms with Crippen LogP contribution in [0.3, 0.4) is 0 Å². The van der Waals surface area contributed by atoms with Crippen LogP contribution in [0.15, 0.2) is 41.1 Å². The van der Waals surface area contributed by atoms with Crippen LogP contribution in [-0.4, -0.2) is 47.0 Å². The maximum atomic E-state index is 12.7. The predicted octanol–water partition coefficient (Wildman–Crippen LogP) is 2.81. The average Bonchev–Trinajstić information content (AvgIpc) is 2.57. The van der Waals surface area contributed by atoms with Crippen LogP contribution in [0.5, 0.6) is 0 Å². The van der Waals surface area contributed by atoms with Gasteiger partial charge in [0.1, 0.15) is 0 Å². The van der Waals surface area contributed by atoms with Crippen LogP contribution in [0.2, 0.25) is 0 Å². The molecule has 5 nitrogen and oxygen atoms in total. The van der Waals surface area contributed by atoms with Gasteiger partial charge in [0, 0.05) is 46.6 Å². The largest absolute Gasteiger partial charge is 0.337 e. The van der Waals surface area contributed by atoms with Gasteiger partial charge in [-0.2, -0.15) is 0 Å². The molecular formula is C15H14BrIN4O. The first-order chi connectivity index (χ1) is 10.6. The Hall–Kier alpha value is -1.22. The van der Waals surface area contributed by atoms with Crippen molar-refractivity contribution in [3.8, 4) is 0 Å². The fourth-order valence-electron chi connectivity index (χ4n) is 2.40. The third-order valence-corrected chi connectivity index (χ3v) is 4.99. The van der Waals surface area contributed by atoms with Gasteiger partial charge in [-0.05, 0) is 46.9 Å². The molecule has 0 bridgehead atoms. The van der Waals surface area contributed by atoms with Crippen LogP contribution in [0, 0.1) is 3.57 Å². The van der Waals surface area contributed by atoms with Crippen molar-refractivity contribution in [3.05, 3.63) is 50.3 Å². The van der Waals surface area contributed by atoms with Crippen molar-refractivity contribution in [1.29, 1.82) is 0 Å². The molecule has 2 aromatic rings. The molecule has 0 spiro atoms. The van der Waals surface area contributed by atoms with E-state index in [0.29, 0.717) is 13.1 Å². The summed E-state index contributed by atoms with van der Waals surface area (Å²) >= 11 is 5.63. The van der Waals surface area contributed by atoms with E-state index in [2.05, 4.69) is 53.4 Å². The van der Waals surface area contributed by atoms with Gasteiger partial charge >= 0.3 is 0 Å². The highest BCUT2D eigenvalue weighted by Crippen LogP contribution is 2.21. The molecule has 0 N–H and O–H groups in total. The van der Waals surface area contributed by atoms with E-state index in [1.54, 1.807) is 18.5 Å². The Morgan fingerprint density at radius 2 is 1.82 bits per heavy atom. The molecule has 1 fully saturated rings. The van der Waals surface area contributed by atoms with Crippen molar-refractivity contribution < 1.29 is 4.79 Å². The Kier molecular flexibility index (Phi) is 4.92. The quantitative estimate of drug-likeness (QED) is 0.630. The molecule has 1 aliphatic rings. The molecule has 0 aliphatic carbocycles. The highest BCUT2D eigenvalue weighted by molar-refractivity contribution is 14.1. The lowest BCUT2D eigenvalue weighted by Gasteiger charge is -2.34. The summed E-state index contributed by atoms with van der Waals surface area (Å²) < 4.78 is 1.90. The second-order valence-corrected chi connectivity index (χ2v) is 7.03. The lowest BCUT2D eigenvalue weighted by atomic mass is 10.2. The van der Waals surface area contributed by atoms with Gasteiger partial charge < -0.3 is 9.80 Å². The van der Waals surface area contributed by atoms with Gasteiger partial charge in [-0.3, -0.25) is 4.79 Å². The number of rotatable bonds is 2. The molecule has 7 heteroatoms. The molecule has 1 saturated heterocycles. The summed E-state index contributed by atoms with van der Waals surface area (Å²) in [5.41, 5.74) is 0.749. The molecule has 0 unspecified atom stereocenters. The molecule has 1 aliphatic heterocycles. The van der Waals surface area contributed by atoms with Gasteiger partial charge in [-0.25, -0.2) is 9.97 Å². The molecule has 1 aromatic heterocycles. The summed E-state index contributed by atoms with van der Waals surface area (Å²) in [4.78, 5) is 25.2. The van der Waals surface area contributed by atoms with Crippen molar-refractivity contribution >= 4 is 50.4 Å². The third-order valence-electron chi connectivity index (χ3n) is 3.56. The van der Waals surface area contributed by atoms with Crippen molar-refractivity contribution in [2.24, 2.45) is 0 Å². The Bertz CT molecular complexity index is 674. The SMILES string of the molecule is O=C(c1cc(Br)ccc1I)N1CCN(c2ncccn2)CC1. The minimum Gasteiger partial charge on any atom is -0.337 e. The molecule has 2 heterocycles. The van der Waals surface area contributed by atoms with Gasteiger partial charge in [0.05, 0.1) is 5.56 Å². The first-order valence-electron chi connectivity index (χ1n) is 6.91. The summed E-state index contributed by atoms with van der Waals surface area (Å²) in [6.45, 7) is 2.86. The highest BCUT2D eigenvalue weighted by Gasteiger charge is 2.24. The zero-order chi connectivity index (χ0) is 15.5. The van der Waals surface area contributed by atoms with E-state index in [0.717, 1.165) is 32.6 Å². The number of hydrogen-bond acceptors (Lipinski definition) is 4. The monoisotopic (exact) mass is 472 g/mol. The summed E-state index contributed by atoms with van der Waals surface area (Å²) in [6.07, 6.45) is 3.48. The van der Waals surface area contributed by atoms with E-state index < -0.39 is 0 Å². The summed E-state index contributed by atoms with van der Waals surface area (Å²) in [5, 5.41) is 0. The predicted molar refractivity (Wildman–Crippen MR) is 97.0 cm³/mol. The van der Waals surface area contributed by atoms with Crippen LogP contribution in [-0.2, 0) is 0 Å². The zero-order valence-electron chi connectivity index (χ0n) is 11.7. The van der Waals surface area contributed by atoms with Gasteiger partial charge in [0.15, 0.2) is 0 Å². The van der Waals surface area contributed by atoms with Crippen LogP contribution >= 0.6 is 38.5 Å². The molecule has 0 saturated carbocycles. The number of carbonyl (C=O) groups excluding carboxylic acids is 1. The number of anilines is 1. The number of carbonyl (C=O) groups is 1. The Morgan fingerprint density at radius 1 is 1.14 bits per heavy atom. The molecular weight excluding hydrogens is 459 g/mol. The Labute approximate surface area is 151 Å². The molecule has 114 valence electrons. The normalized spacial score (nSPS) is 15.0. The minimum absolute atomic E-state index is 0.0827. The van der Waals surface area contributed by atoms with E-state index >= 15 is 0 Å². The fraction of sp³-hybridized carbons (Fsp3) is 0.267. The van der Waals surface area contributed by atoms with Gasteiger partial charge in [0.2, 0.25) is 5.95 Å². The maximum Gasteiger partial charge on any atom is 0.255 e. The summed E-state index contributed by atoms with van der Waals surface area (Å²) in [5.74, 6) is 0.811. The fourth-order valence-corrected chi connectivity index (χ4v) is 3.32. The molecule has 1 aromatic carbocycles. The summed E-state index contributed by atoms with van der Waals surface area (Å²) in [7, 11) is 0. The molecule has 0 atom stereocenters. The molecule has 0 radical (unpaired) electrons. The number of nitrogens with zero attached hydrogens (tertiary/aromatic N) is 4. The third kappa shape index (κ3) is 3.40. The van der Waals surface area contributed by atoms with Crippen molar-refractivity contribution in [2.45, 2.75) is 0 Å². The first kappa shape index (κ1) is 15.7. The van der Waals surface area contributed by atoms with E-state index in [-0.39, 0.29) is 5.91 Å². The van der Waals surface area contributed by atoms with Gasteiger partial charge in [-0.1, -0.05) is 15.9 Å². The van der Waals surface area contributed by atoms with Crippen molar-refractivity contribution in [3.63, 3.8) is 0 Å². The minimum atomic E-state index is 0.0827. The first-order valence-corrected chi connectivity index (χ1v) is 8.78.